The number of piperidine rings is 1. The fourth-order valence-corrected chi connectivity index (χ4v) is 5.34. The molecule has 29 heavy (non-hydrogen) atoms. The van der Waals surface area contributed by atoms with E-state index in [0.29, 0.717) is 34.9 Å². The van der Waals surface area contributed by atoms with Crippen molar-refractivity contribution >= 4 is 28.5 Å². The van der Waals surface area contributed by atoms with Crippen molar-refractivity contribution in [3.8, 4) is 0 Å². The Labute approximate surface area is 172 Å². The molecule has 3 atom stereocenters. The lowest BCUT2D eigenvalue weighted by Crippen LogP contribution is -2.32. The van der Waals surface area contributed by atoms with E-state index in [9.17, 15) is 14.7 Å². The van der Waals surface area contributed by atoms with Crippen LogP contribution in [0.25, 0.3) is 0 Å². The Morgan fingerprint density at radius 3 is 2.83 bits per heavy atom. The topological polar surface area (TPSA) is 105 Å². The zero-order valence-electron chi connectivity index (χ0n) is 16.2. The number of aliphatic hydroxyl groups is 1. The van der Waals surface area contributed by atoms with Crippen molar-refractivity contribution < 1.29 is 19.4 Å². The van der Waals surface area contributed by atoms with E-state index in [2.05, 4.69) is 19.6 Å². The maximum Gasteiger partial charge on any atom is 0.338 e. The van der Waals surface area contributed by atoms with Crippen LogP contribution in [0.5, 0.6) is 0 Å². The number of cyclic esters (lactones) is 1. The number of aliphatic hydroxyl groups excluding tert-OH is 1. The minimum absolute atomic E-state index is 0.0236. The van der Waals surface area contributed by atoms with Crippen molar-refractivity contribution in [1.82, 2.24) is 14.3 Å². The molecule has 3 heterocycles. The quantitative estimate of drug-likeness (QED) is 0.717. The highest BCUT2D eigenvalue weighted by Crippen LogP contribution is 2.52. The van der Waals surface area contributed by atoms with Gasteiger partial charge in [0.1, 0.15) is 12.4 Å². The van der Waals surface area contributed by atoms with E-state index in [0.717, 1.165) is 29.8 Å². The number of aryl methyl sites for hydroxylation is 1. The summed E-state index contributed by atoms with van der Waals surface area (Å²) in [5, 5.41) is 14.2. The van der Waals surface area contributed by atoms with Gasteiger partial charge in [-0.1, -0.05) is 6.07 Å². The fourth-order valence-electron chi connectivity index (χ4n) is 4.76. The number of hydrogen-bond acceptors (Lipinski definition) is 8. The van der Waals surface area contributed by atoms with E-state index in [-0.39, 0.29) is 24.4 Å². The number of benzene rings is 1. The molecular formula is C20H22N4O4S. The van der Waals surface area contributed by atoms with Crippen LogP contribution in [0.1, 0.15) is 39.0 Å². The lowest BCUT2D eigenvalue weighted by Gasteiger charge is -2.24. The summed E-state index contributed by atoms with van der Waals surface area (Å²) in [5.74, 6) is 1.09. The van der Waals surface area contributed by atoms with Gasteiger partial charge in [-0.2, -0.15) is 4.37 Å². The first-order valence-corrected chi connectivity index (χ1v) is 10.5. The Morgan fingerprint density at radius 1 is 1.38 bits per heavy atom. The molecule has 9 heteroatoms. The maximum absolute atomic E-state index is 12.4. The number of hydrogen-bond donors (Lipinski definition) is 2. The molecule has 1 amide bonds. The van der Waals surface area contributed by atoms with E-state index >= 15 is 0 Å². The monoisotopic (exact) mass is 414 g/mol. The number of nitrogens with one attached hydrogen (secondary N) is 1. The summed E-state index contributed by atoms with van der Waals surface area (Å²) in [6.45, 7) is 6.14. The van der Waals surface area contributed by atoms with Crippen molar-refractivity contribution in [2.24, 2.45) is 17.8 Å². The molecule has 1 saturated heterocycles. The number of anilines is 1. The molecule has 3 unspecified atom stereocenters. The van der Waals surface area contributed by atoms with Gasteiger partial charge in [0.05, 0.1) is 11.7 Å². The predicted octanol–water partition coefficient (Wildman–Crippen LogP) is 1.68. The van der Waals surface area contributed by atoms with Crippen LogP contribution >= 0.6 is 11.5 Å². The van der Waals surface area contributed by atoms with Crippen molar-refractivity contribution in [2.75, 3.05) is 25.0 Å². The molecule has 5 rings (SSSR count). The van der Waals surface area contributed by atoms with E-state index in [1.165, 1.54) is 11.5 Å². The lowest BCUT2D eigenvalue weighted by atomic mass is 9.95. The molecule has 2 aliphatic heterocycles. The molecule has 1 saturated carbocycles. The third kappa shape index (κ3) is 3.23. The molecule has 3 aliphatic rings. The van der Waals surface area contributed by atoms with Crippen molar-refractivity contribution in [3.63, 3.8) is 0 Å². The molecule has 1 aliphatic carbocycles. The van der Waals surface area contributed by atoms with Gasteiger partial charge in [-0.3, -0.25) is 9.69 Å². The number of carbonyl (C=O) groups is 2. The van der Waals surface area contributed by atoms with Crippen LogP contribution in [0.3, 0.4) is 0 Å². The first kappa shape index (κ1) is 18.7. The standard InChI is InChI=1S/C20H22N4O4S/c1-9-11(3-4-12-15(9)8-28-19(12)27)16(25)7-24-5-13-14(6-24)17(13)18(26)22-20-21-10(2)23-29-20/h3-4,13-14,16-17,25H,5-8H2,1-2H3,(H,21,22,23,26). The number of carbonyl (C=O) groups excluding carboxylic acids is 2. The Kier molecular flexibility index (Phi) is 4.41. The SMILES string of the molecule is Cc1nsc(NC(=O)C2C3CN(CC(O)c4ccc5c(c4C)COC5=O)CC32)n1. The summed E-state index contributed by atoms with van der Waals surface area (Å²) in [5.41, 5.74) is 3.23. The second-order valence-corrected chi connectivity index (χ2v) is 8.86. The third-order valence-electron chi connectivity index (χ3n) is 6.33. The number of ether oxygens (including phenoxy) is 1. The second kappa shape index (κ2) is 6.86. The molecule has 0 radical (unpaired) electrons. The normalized spacial score (nSPS) is 26.0. The number of nitrogens with zero attached hydrogens (tertiary/aromatic N) is 3. The molecule has 152 valence electrons. The Balaban J connectivity index is 1.17. The summed E-state index contributed by atoms with van der Waals surface area (Å²) < 4.78 is 9.18. The minimum Gasteiger partial charge on any atom is -0.457 e. The van der Waals surface area contributed by atoms with Crippen molar-refractivity contribution in [1.29, 1.82) is 0 Å². The van der Waals surface area contributed by atoms with Crippen LogP contribution in [0.2, 0.25) is 0 Å². The van der Waals surface area contributed by atoms with E-state index < -0.39 is 6.10 Å². The van der Waals surface area contributed by atoms with Crippen molar-refractivity contribution in [3.05, 3.63) is 40.2 Å². The van der Waals surface area contributed by atoms with E-state index in [4.69, 9.17) is 4.74 Å². The van der Waals surface area contributed by atoms with Crippen LogP contribution in [-0.2, 0) is 16.1 Å². The molecule has 1 aromatic carbocycles. The van der Waals surface area contributed by atoms with Gasteiger partial charge in [-0.25, -0.2) is 9.78 Å². The molecular weight excluding hydrogens is 392 g/mol. The zero-order valence-corrected chi connectivity index (χ0v) is 17.0. The van der Waals surface area contributed by atoms with Crippen LogP contribution in [-0.4, -0.2) is 50.9 Å². The molecule has 2 N–H and O–H groups in total. The van der Waals surface area contributed by atoms with Crippen LogP contribution < -0.4 is 5.32 Å². The number of β-amino-alcohol motifs (C(OH)–C–C–N with tert-alkyl or cyclic N) is 1. The number of rotatable bonds is 5. The number of likely N-dealkylation sites (tertiary alicyclic amines) is 1. The lowest BCUT2D eigenvalue weighted by molar-refractivity contribution is -0.118. The number of aromatic nitrogens is 2. The fraction of sp³-hybridized carbons (Fsp3) is 0.500. The Bertz CT molecular complexity index is 994. The highest BCUT2D eigenvalue weighted by atomic mass is 32.1. The molecule has 0 spiro atoms. The summed E-state index contributed by atoms with van der Waals surface area (Å²) >= 11 is 1.20. The van der Waals surface area contributed by atoms with Gasteiger partial charge in [0.15, 0.2) is 0 Å². The van der Waals surface area contributed by atoms with Gasteiger partial charge in [0.2, 0.25) is 11.0 Å². The van der Waals surface area contributed by atoms with Crippen LogP contribution in [0.4, 0.5) is 5.13 Å². The van der Waals surface area contributed by atoms with E-state index in [1.54, 1.807) is 13.0 Å². The average molecular weight is 414 g/mol. The van der Waals surface area contributed by atoms with Crippen LogP contribution in [0, 0.1) is 31.6 Å². The molecule has 2 fully saturated rings. The highest BCUT2D eigenvalue weighted by molar-refractivity contribution is 7.09. The highest BCUT2D eigenvalue weighted by Gasteiger charge is 2.59. The number of amides is 1. The van der Waals surface area contributed by atoms with Gasteiger partial charge >= 0.3 is 5.97 Å². The predicted molar refractivity (Wildman–Crippen MR) is 105 cm³/mol. The van der Waals surface area contributed by atoms with E-state index in [1.807, 2.05) is 13.0 Å². The van der Waals surface area contributed by atoms with Crippen molar-refractivity contribution in [2.45, 2.75) is 26.6 Å². The third-order valence-corrected chi connectivity index (χ3v) is 7.05. The van der Waals surface area contributed by atoms with Gasteiger partial charge in [-0.15, -0.1) is 0 Å². The minimum atomic E-state index is -0.634. The summed E-state index contributed by atoms with van der Waals surface area (Å²) in [4.78, 5) is 30.5. The van der Waals surface area contributed by atoms with Crippen LogP contribution in [0.15, 0.2) is 12.1 Å². The summed E-state index contributed by atoms with van der Waals surface area (Å²) in [6, 6.07) is 3.57. The Morgan fingerprint density at radius 2 is 2.14 bits per heavy atom. The van der Waals surface area contributed by atoms with Gasteiger partial charge in [-0.05, 0) is 42.9 Å². The van der Waals surface area contributed by atoms with Gasteiger partial charge in [0.25, 0.3) is 0 Å². The first-order chi connectivity index (χ1) is 13.9. The number of esters is 1. The van der Waals surface area contributed by atoms with Gasteiger partial charge < -0.3 is 15.2 Å². The largest absolute Gasteiger partial charge is 0.457 e. The zero-order chi connectivity index (χ0) is 20.3. The second-order valence-electron chi connectivity index (χ2n) is 8.11. The molecule has 2 aromatic rings. The Hall–Kier alpha value is -2.36. The average Bonchev–Trinajstić information content (AvgIpc) is 3.01. The number of fused-ring (bicyclic) bond motifs is 2. The van der Waals surface area contributed by atoms with Gasteiger partial charge in [0, 0.05) is 42.6 Å². The molecule has 8 nitrogen and oxygen atoms in total. The summed E-state index contributed by atoms with van der Waals surface area (Å²) in [6.07, 6.45) is -0.634. The smallest absolute Gasteiger partial charge is 0.338 e. The maximum atomic E-state index is 12.4. The summed E-state index contributed by atoms with van der Waals surface area (Å²) in [7, 11) is 0. The molecule has 1 aromatic heterocycles. The first-order valence-electron chi connectivity index (χ1n) is 9.73. The molecule has 0 bridgehead atoms.